The molecule has 1 amide bonds. The van der Waals surface area contributed by atoms with E-state index in [2.05, 4.69) is 10.2 Å². The monoisotopic (exact) mass is 303 g/mol. The number of hydrogen-bond donors (Lipinski definition) is 2. The highest BCUT2D eigenvalue weighted by atomic mass is 16.4. The van der Waals surface area contributed by atoms with Gasteiger partial charge in [0.25, 0.3) is 5.91 Å². The lowest BCUT2D eigenvalue weighted by molar-refractivity contribution is -0.143. The maximum atomic E-state index is 12.5. The average molecular weight is 303 g/mol. The molecule has 3 rings (SSSR count). The number of rotatable bonds is 3. The van der Waals surface area contributed by atoms with E-state index in [0.717, 1.165) is 18.6 Å². The molecule has 7 nitrogen and oxygen atoms in total. The summed E-state index contributed by atoms with van der Waals surface area (Å²) in [5.74, 6) is 0.0280. The van der Waals surface area contributed by atoms with Crippen LogP contribution in [0.15, 0.2) is 22.6 Å². The number of carbonyl (C=O) groups excluding carboxylic acids is 1. The van der Waals surface area contributed by atoms with Gasteiger partial charge in [0.15, 0.2) is 11.5 Å². The van der Waals surface area contributed by atoms with Gasteiger partial charge in [-0.15, -0.1) is 0 Å². The first-order valence-electron chi connectivity index (χ1n) is 7.22. The summed E-state index contributed by atoms with van der Waals surface area (Å²) in [7, 11) is 0. The third kappa shape index (κ3) is 2.61. The van der Waals surface area contributed by atoms with E-state index in [1.807, 2.05) is 13.0 Å². The summed E-state index contributed by atoms with van der Waals surface area (Å²) in [6.07, 6.45) is 2.11. The number of aryl methyl sites for hydroxylation is 1. The molecule has 116 valence electrons. The van der Waals surface area contributed by atoms with Crippen LogP contribution in [0.25, 0.3) is 11.5 Å². The number of furan rings is 1. The Morgan fingerprint density at radius 1 is 1.41 bits per heavy atom. The van der Waals surface area contributed by atoms with Crippen LogP contribution in [-0.2, 0) is 4.79 Å². The minimum Gasteiger partial charge on any atom is -0.480 e. The van der Waals surface area contributed by atoms with E-state index in [4.69, 9.17) is 4.42 Å². The van der Waals surface area contributed by atoms with E-state index < -0.39 is 12.0 Å². The van der Waals surface area contributed by atoms with Crippen LogP contribution in [0, 0.1) is 6.92 Å². The van der Waals surface area contributed by atoms with Crippen LogP contribution in [0.5, 0.6) is 0 Å². The first-order valence-corrected chi connectivity index (χ1v) is 7.22. The van der Waals surface area contributed by atoms with Crippen molar-refractivity contribution in [2.75, 3.05) is 6.54 Å². The van der Waals surface area contributed by atoms with Gasteiger partial charge in [-0.05, 0) is 38.3 Å². The van der Waals surface area contributed by atoms with E-state index in [0.29, 0.717) is 24.4 Å². The number of carboxylic acid groups (broad SMARTS) is 1. The standard InChI is InChI=1S/C15H17N3O4/c1-9-5-6-13(22-9)10-8-11(17-16-10)14(19)18-7-3-2-4-12(18)15(20)21/h5-6,8,12H,2-4,7H2,1H3,(H,16,17)(H,20,21). The maximum absolute atomic E-state index is 12.5. The molecule has 1 unspecified atom stereocenters. The molecule has 0 bridgehead atoms. The molecule has 0 aliphatic carbocycles. The molecule has 1 fully saturated rings. The number of carboxylic acids is 1. The normalized spacial score (nSPS) is 18.4. The quantitative estimate of drug-likeness (QED) is 0.904. The van der Waals surface area contributed by atoms with Gasteiger partial charge in [-0.1, -0.05) is 0 Å². The SMILES string of the molecule is Cc1ccc(-c2cc(C(=O)N3CCCCC3C(=O)O)n[nH]2)o1. The summed E-state index contributed by atoms with van der Waals surface area (Å²) in [6.45, 7) is 2.27. The zero-order valence-corrected chi connectivity index (χ0v) is 12.2. The summed E-state index contributed by atoms with van der Waals surface area (Å²) in [6, 6.07) is 4.43. The summed E-state index contributed by atoms with van der Waals surface area (Å²) in [5.41, 5.74) is 0.803. The zero-order valence-electron chi connectivity index (χ0n) is 12.2. The topological polar surface area (TPSA) is 99.4 Å². The summed E-state index contributed by atoms with van der Waals surface area (Å²) in [4.78, 5) is 25.2. The number of hydrogen-bond acceptors (Lipinski definition) is 4. The number of H-pyrrole nitrogens is 1. The van der Waals surface area contributed by atoms with Gasteiger partial charge in [0.05, 0.1) is 0 Å². The van der Waals surface area contributed by atoms with Crippen LogP contribution in [0.3, 0.4) is 0 Å². The Balaban J connectivity index is 1.83. The predicted octanol–water partition coefficient (Wildman–Crippen LogP) is 2.06. The fourth-order valence-electron chi connectivity index (χ4n) is 2.72. The van der Waals surface area contributed by atoms with Crippen molar-refractivity contribution in [2.45, 2.75) is 32.2 Å². The Morgan fingerprint density at radius 3 is 2.91 bits per heavy atom. The largest absolute Gasteiger partial charge is 0.480 e. The number of piperidine rings is 1. The minimum absolute atomic E-state index is 0.206. The molecule has 2 aromatic rings. The lowest BCUT2D eigenvalue weighted by Crippen LogP contribution is -2.48. The van der Waals surface area contributed by atoms with Crippen LogP contribution in [0.1, 0.15) is 35.5 Å². The molecular weight excluding hydrogens is 286 g/mol. The second-order valence-corrected chi connectivity index (χ2v) is 5.43. The van der Waals surface area contributed by atoms with Crippen LogP contribution >= 0.6 is 0 Å². The highest BCUT2D eigenvalue weighted by Gasteiger charge is 2.33. The Hall–Kier alpha value is -2.57. The van der Waals surface area contributed by atoms with E-state index in [9.17, 15) is 14.7 Å². The smallest absolute Gasteiger partial charge is 0.326 e. The third-order valence-corrected chi connectivity index (χ3v) is 3.85. The third-order valence-electron chi connectivity index (χ3n) is 3.85. The number of nitrogens with one attached hydrogen (secondary N) is 1. The lowest BCUT2D eigenvalue weighted by atomic mass is 10.0. The minimum atomic E-state index is -0.967. The molecule has 7 heteroatoms. The molecule has 0 radical (unpaired) electrons. The zero-order chi connectivity index (χ0) is 15.7. The fourth-order valence-corrected chi connectivity index (χ4v) is 2.72. The predicted molar refractivity (Wildman–Crippen MR) is 77.3 cm³/mol. The fraction of sp³-hybridized carbons (Fsp3) is 0.400. The number of amides is 1. The molecule has 0 spiro atoms. The maximum Gasteiger partial charge on any atom is 0.326 e. The second-order valence-electron chi connectivity index (χ2n) is 5.43. The van der Waals surface area contributed by atoms with Crippen molar-refractivity contribution in [3.8, 4) is 11.5 Å². The summed E-state index contributed by atoms with van der Waals surface area (Å²) in [5, 5.41) is 16.0. The number of likely N-dealkylation sites (tertiary alicyclic amines) is 1. The number of aromatic nitrogens is 2. The molecule has 1 aliphatic rings. The summed E-state index contributed by atoms with van der Waals surface area (Å²) < 4.78 is 5.48. The molecule has 0 saturated carbocycles. The van der Waals surface area contributed by atoms with Gasteiger partial charge in [-0.25, -0.2) is 4.79 Å². The number of aromatic amines is 1. The van der Waals surface area contributed by atoms with Crippen molar-refractivity contribution >= 4 is 11.9 Å². The van der Waals surface area contributed by atoms with Crippen molar-refractivity contribution in [3.63, 3.8) is 0 Å². The first kappa shape index (κ1) is 14.4. The van der Waals surface area contributed by atoms with Crippen LogP contribution < -0.4 is 0 Å². The number of nitrogens with zero attached hydrogens (tertiary/aromatic N) is 2. The Morgan fingerprint density at radius 2 is 2.23 bits per heavy atom. The van der Waals surface area contributed by atoms with Gasteiger partial charge in [-0.2, -0.15) is 5.10 Å². The Bertz CT molecular complexity index is 703. The molecule has 2 N–H and O–H groups in total. The molecule has 1 saturated heterocycles. The van der Waals surface area contributed by atoms with Gasteiger partial charge in [0, 0.05) is 12.6 Å². The van der Waals surface area contributed by atoms with Crippen molar-refractivity contribution in [1.82, 2.24) is 15.1 Å². The van der Waals surface area contributed by atoms with Crippen molar-refractivity contribution in [1.29, 1.82) is 0 Å². The number of aliphatic carboxylic acids is 1. The molecule has 22 heavy (non-hydrogen) atoms. The van der Waals surface area contributed by atoms with Crippen LogP contribution in [-0.4, -0.2) is 44.7 Å². The molecule has 1 atom stereocenters. The van der Waals surface area contributed by atoms with E-state index >= 15 is 0 Å². The summed E-state index contributed by atoms with van der Waals surface area (Å²) >= 11 is 0. The van der Waals surface area contributed by atoms with Gasteiger partial charge < -0.3 is 14.4 Å². The second kappa shape index (κ2) is 5.67. The van der Waals surface area contributed by atoms with Crippen molar-refractivity contribution < 1.29 is 19.1 Å². The average Bonchev–Trinajstić information content (AvgIpc) is 3.15. The van der Waals surface area contributed by atoms with Gasteiger partial charge in [-0.3, -0.25) is 9.89 Å². The highest BCUT2D eigenvalue weighted by molar-refractivity contribution is 5.95. The highest BCUT2D eigenvalue weighted by Crippen LogP contribution is 2.23. The molecule has 2 aromatic heterocycles. The molecule has 1 aliphatic heterocycles. The van der Waals surface area contributed by atoms with E-state index in [1.54, 1.807) is 12.1 Å². The first-order chi connectivity index (χ1) is 10.6. The molecule has 0 aromatic carbocycles. The van der Waals surface area contributed by atoms with Crippen molar-refractivity contribution in [2.24, 2.45) is 0 Å². The van der Waals surface area contributed by atoms with Gasteiger partial charge in [0.1, 0.15) is 17.5 Å². The Kier molecular flexibility index (Phi) is 3.70. The molecular formula is C15H17N3O4. The van der Waals surface area contributed by atoms with E-state index in [1.165, 1.54) is 4.90 Å². The van der Waals surface area contributed by atoms with Gasteiger partial charge >= 0.3 is 5.97 Å². The van der Waals surface area contributed by atoms with Crippen LogP contribution in [0.4, 0.5) is 0 Å². The van der Waals surface area contributed by atoms with Gasteiger partial charge in [0.2, 0.25) is 0 Å². The number of carbonyl (C=O) groups is 2. The molecule has 3 heterocycles. The van der Waals surface area contributed by atoms with Crippen molar-refractivity contribution in [3.05, 3.63) is 29.7 Å². The van der Waals surface area contributed by atoms with Crippen LogP contribution in [0.2, 0.25) is 0 Å². The lowest BCUT2D eigenvalue weighted by Gasteiger charge is -2.32. The van der Waals surface area contributed by atoms with E-state index in [-0.39, 0.29) is 11.6 Å². The Labute approximate surface area is 126 Å².